The number of methoxy groups -OCH3 is 1. The Morgan fingerprint density at radius 2 is 2.00 bits per heavy atom. The lowest BCUT2D eigenvalue weighted by Gasteiger charge is -2.45. The highest BCUT2D eigenvalue weighted by molar-refractivity contribution is 5.37. The zero-order chi connectivity index (χ0) is 17.9. The van der Waals surface area contributed by atoms with Crippen molar-refractivity contribution in [3.05, 3.63) is 47.8 Å². The highest BCUT2D eigenvalue weighted by Gasteiger charge is 2.32. The third-order valence-corrected chi connectivity index (χ3v) is 5.61. The normalized spacial score (nSPS) is 20.2. The number of benzene rings is 1. The summed E-state index contributed by atoms with van der Waals surface area (Å²) < 4.78 is 7.45. The number of aliphatic hydroxyl groups excluding tert-OH is 1. The average Bonchev–Trinajstić information content (AvgIpc) is 3.13. The van der Waals surface area contributed by atoms with Gasteiger partial charge in [-0.05, 0) is 49.7 Å². The van der Waals surface area contributed by atoms with E-state index in [1.165, 1.54) is 18.4 Å². The fraction of sp³-hybridized carbons (Fsp3) is 0.550. The number of rotatable bonds is 6. The number of aromatic nitrogens is 2. The number of aliphatic hydroxyl groups is 1. The fourth-order valence-corrected chi connectivity index (χ4v) is 4.11. The smallest absolute Gasteiger partial charge is 0.123 e. The van der Waals surface area contributed by atoms with E-state index in [1.807, 2.05) is 16.9 Å². The zero-order valence-electron chi connectivity index (χ0n) is 15.4. The van der Waals surface area contributed by atoms with E-state index in [0.29, 0.717) is 6.04 Å². The number of ether oxygens (including phenoxy) is 1. The van der Waals surface area contributed by atoms with Crippen LogP contribution in [0.4, 0.5) is 0 Å². The second-order valence-electron chi connectivity index (χ2n) is 7.46. The molecule has 2 saturated heterocycles. The third kappa shape index (κ3) is 3.92. The van der Waals surface area contributed by atoms with E-state index < -0.39 is 0 Å². The van der Waals surface area contributed by atoms with Crippen molar-refractivity contribution < 1.29 is 9.84 Å². The Balaban J connectivity index is 1.36. The Bertz CT molecular complexity index is 705. The molecule has 4 rings (SSSR count). The quantitative estimate of drug-likeness (QED) is 0.852. The number of likely N-dealkylation sites (tertiary alicyclic amines) is 2. The largest absolute Gasteiger partial charge is 0.496 e. The molecule has 2 fully saturated rings. The van der Waals surface area contributed by atoms with Gasteiger partial charge < -0.3 is 9.84 Å². The average molecular weight is 356 g/mol. The van der Waals surface area contributed by atoms with Gasteiger partial charge in [-0.1, -0.05) is 6.07 Å². The highest BCUT2D eigenvalue weighted by atomic mass is 16.5. The first-order valence-electron chi connectivity index (χ1n) is 9.49. The first-order valence-corrected chi connectivity index (χ1v) is 9.49. The number of nitrogens with zero attached hydrogens (tertiary/aromatic N) is 4. The molecule has 1 aromatic carbocycles. The summed E-state index contributed by atoms with van der Waals surface area (Å²) >= 11 is 0. The third-order valence-electron chi connectivity index (χ3n) is 5.61. The van der Waals surface area contributed by atoms with Gasteiger partial charge in [-0.25, -0.2) is 0 Å². The Labute approximate surface area is 155 Å². The van der Waals surface area contributed by atoms with Gasteiger partial charge in [0.2, 0.25) is 0 Å². The topological polar surface area (TPSA) is 53.8 Å². The van der Waals surface area contributed by atoms with Crippen molar-refractivity contribution in [2.24, 2.45) is 0 Å². The SMILES string of the molecule is COc1ccc(CN2CCC(N3CC(O)C3)CC2)cc1Cn1cccn1. The van der Waals surface area contributed by atoms with Gasteiger partial charge in [0.15, 0.2) is 0 Å². The lowest BCUT2D eigenvalue weighted by Crippen LogP contribution is -2.57. The molecule has 1 N–H and O–H groups in total. The molecule has 140 valence electrons. The van der Waals surface area contributed by atoms with E-state index in [1.54, 1.807) is 13.3 Å². The monoisotopic (exact) mass is 356 g/mol. The Morgan fingerprint density at radius 1 is 1.19 bits per heavy atom. The minimum absolute atomic E-state index is 0.0967. The molecule has 0 radical (unpaired) electrons. The molecule has 6 nitrogen and oxygen atoms in total. The molecule has 0 unspecified atom stereocenters. The van der Waals surface area contributed by atoms with E-state index in [-0.39, 0.29) is 6.10 Å². The zero-order valence-corrected chi connectivity index (χ0v) is 15.4. The van der Waals surface area contributed by atoms with Crippen LogP contribution in [0, 0.1) is 0 Å². The van der Waals surface area contributed by atoms with Crippen molar-refractivity contribution in [3.63, 3.8) is 0 Å². The van der Waals surface area contributed by atoms with Crippen LogP contribution in [0.5, 0.6) is 5.75 Å². The Hall–Kier alpha value is -1.89. The summed E-state index contributed by atoms with van der Waals surface area (Å²) in [6.07, 6.45) is 6.08. The Kier molecular flexibility index (Phi) is 5.24. The summed E-state index contributed by atoms with van der Waals surface area (Å²) in [5.74, 6) is 0.916. The van der Waals surface area contributed by atoms with Crippen LogP contribution in [-0.2, 0) is 13.1 Å². The summed E-state index contributed by atoms with van der Waals surface area (Å²) in [7, 11) is 1.72. The molecule has 0 atom stereocenters. The molecule has 3 heterocycles. The van der Waals surface area contributed by atoms with E-state index in [2.05, 4.69) is 33.1 Å². The molecule has 0 aliphatic carbocycles. The number of β-amino-alcohol motifs (C(OH)–C–C–N with tert-alkyl or cyclic N) is 1. The van der Waals surface area contributed by atoms with Crippen LogP contribution < -0.4 is 4.74 Å². The molecule has 0 spiro atoms. The minimum atomic E-state index is -0.0967. The molecule has 26 heavy (non-hydrogen) atoms. The van der Waals surface area contributed by atoms with Crippen molar-refractivity contribution in [3.8, 4) is 5.75 Å². The molecule has 0 amide bonds. The van der Waals surface area contributed by atoms with Gasteiger partial charge in [-0.15, -0.1) is 0 Å². The lowest BCUT2D eigenvalue weighted by atomic mass is 9.98. The van der Waals surface area contributed by atoms with Crippen LogP contribution in [0.15, 0.2) is 36.7 Å². The highest BCUT2D eigenvalue weighted by Crippen LogP contribution is 2.25. The molecular formula is C20H28N4O2. The van der Waals surface area contributed by atoms with Crippen LogP contribution in [-0.4, -0.2) is 70.1 Å². The molecule has 0 saturated carbocycles. The fourth-order valence-electron chi connectivity index (χ4n) is 4.11. The first-order chi connectivity index (χ1) is 12.7. The van der Waals surface area contributed by atoms with Gasteiger partial charge in [0.1, 0.15) is 5.75 Å². The van der Waals surface area contributed by atoms with Crippen molar-refractivity contribution >= 4 is 0 Å². The molecular weight excluding hydrogens is 328 g/mol. The van der Waals surface area contributed by atoms with Crippen molar-refractivity contribution in [1.29, 1.82) is 0 Å². The van der Waals surface area contributed by atoms with Crippen LogP contribution >= 0.6 is 0 Å². The predicted octanol–water partition coefficient (Wildman–Crippen LogP) is 1.58. The van der Waals surface area contributed by atoms with Crippen LogP contribution in [0.1, 0.15) is 24.0 Å². The van der Waals surface area contributed by atoms with Gasteiger partial charge in [0.25, 0.3) is 0 Å². The maximum atomic E-state index is 9.49. The first kappa shape index (κ1) is 17.5. The molecule has 2 aromatic rings. The van der Waals surface area contributed by atoms with Crippen LogP contribution in [0.25, 0.3) is 0 Å². The molecule has 2 aliphatic heterocycles. The number of piperidine rings is 1. The van der Waals surface area contributed by atoms with Gasteiger partial charge in [-0.3, -0.25) is 14.5 Å². The summed E-state index contributed by atoms with van der Waals surface area (Å²) in [4.78, 5) is 4.96. The molecule has 0 bridgehead atoms. The molecule has 6 heteroatoms. The van der Waals surface area contributed by atoms with Crippen molar-refractivity contribution in [2.45, 2.75) is 38.1 Å². The standard InChI is InChI=1S/C20H28N4O2/c1-26-20-4-3-16(11-17(20)13-24-8-2-7-21-24)12-22-9-5-18(6-10-22)23-14-19(25)15-23/h2-4,7-8,11,18-19,25H,5-6,9-10,12-15H2,1H3. The van der Waals surface area contributed by atoms with Gasteiger partial charge in [0, 0.05) is 43.6 Å². The molecule has 1 aromatic heterocycles. The summed E-state index contributed by atoms with van der Waals surface area (Å²) in [6, 6.07) is 9.09. The predicted molar refractivity (Wildman–Crippen MR) is 100 cm³/mol. The molecule has 2 aliphatic rings. The van der Waals surface area contributed by atoms with E-state index in [9.17, 15) is 5.11 Å². The van der Waals surface area contributed by atoms with Crippen LogP contribution in [0.2, 0.25) is 0 Å². The van der Waals surface area contributed by atoms with Gasteiger partial charge in [0.05, 0.1) is 19.8 Å². The van der Waals surface area contributed by atoms with Gasteiger partial charge in [-0.2, -0.15) is 5.10 Å². The maximum Gasteiger partial charge on any atom is 0.123 e. The summed E-state index contributed by atoms with van der Waals surface area (Å²) in [5, 5.41) is 13.8. The second-order valence-corrected chi connectivity index (χ2v) is 7.46. The maximum absolute atomic E-state index is 9.49. The van der Waals surface area contributed by atoms with Crippen LogP contribution in [0.3, 0.4) is 0 Å². The van der Waals surface area contributed by atoms with E-state index in [0.717, 1.165) is 50.6 Å². The van der Waals surface area contributed by atoms with Crippen molar-refractivity contribution in [1.82, 2.24) is 19.6 Å². The van der Waals surface area contributed by atoms with Gasteiger partial charge >= 0.3 is 0 Å². The Morgan fingerprint density at radius 3 is 2.65 bits per heavy atom. The van der Waals surface area contributed by atoms with Crippen molar-refractivity contribution in [2.75, 3.05) is 33.3 Å². The minimum Gasteiger partial charge on any atom is -0.496 e. The second kappa shape index (κ2) is 7.78. The number of hydrogen-bond donors (Lipinski definition) is 1. The summed E-state index contributed by atoms with van der Waals surface area (Å²) in [5.41, 5.74) is 2.49. The van der Waals surface area contributed by atoms with E-state index in [4.69, 9.17) is 4.74 Å². The number of hydrogen-bond acceptors (Lipinski definition) is 5. The van der Waals surface area contributed by atoms with E-state index >= 15 is 0 Å². The lowest BCUT2D eigenvalue weighted by molar-refractivity contribution is -0.0402. The summed E-state index contributed by atoms with van der Waals surface area (Å²) in [6.45, 7) is 5.67.